The first-order chi connectivity index (χ1) is 11.8. The highest BCUT2D eigenvalue weighted by molar-refractivity contribution is 7.89. The van der Waals surface area contributed by atoms with Crippen LogP contribution in [0.4, 0.5) is 0 Å². The van der Waals surface area contributed by atoms with Crippen LogP contribution in [0.5, 0.6) is 0 Å². The molecule has 0 unspecified atom stereocenters. The van der Waals surface area contributed by atoms with Gasteiger partial charge >= 0.3 is 0 Å². The standard InChI is InChI=1S/C18H23N3O3S/c1-14(2)21(3)25(23,24)17-9-7-15(8-10-17)18(22)20-13-11-16-6-4-5-12-19-16/h4-10,12,14H,11,13H2,1-3H3,(H,20,22). The van der Waals surface area contributed by atoms with Crippen LogP contribution in [0.25, 0.3) is 0 Å². The summed E-state index contributed by atoms with van der Waals surface area (Å²) >= 11 is 0. The highest BCUT2D eigenvalue weighted by Crippen LogP contribution is 2.17. The smallest absolute Gasteiger partial charge is 0.251 e. The molecule has 1 aromatic carbocycles. The molecule has 0 fully saturated rings. The fraction of sp³-hybridized carbons (Fsp3) is 0.333. The van der Waals surface area contributed by atoms with Crippen LogP contribution in [-0.2, 0) is 16.4 Å². The van der Waals surface area contributed by atoms with Crippen molar-refractivity contribution in [3.63, 3.8) is 0 Å². The SMILES string of the molecule is CC(C)N(C)S(=O)(=O)c1ccc(C(=O)NCCc2ccccn2)cc1. The van der Waals surface area contributed by atoms with E-state index in [1.165, 1.54) is 35.6 Å². The van der Waals surface area contributed by atoms with Crippen molar-refractivity contribution in [2.45, 2.75) is 31.2 Å². The molecule has 1 N–H and O–H groups in total. The zero-order chi connectivity index (χ0) is 18.4. The van der Waals surface area contributed by atoms with Gasteiger partial charge in [-0.2, -0.15) is 4.31 Å². The van der Waals surface area contributed by atoms with Crippen molar-refractivity contribution >= 4 is 15.9 Å². The summed E-state index contributed by atoms with van der Waals surface area (Å²) in [6.45, 7) is 4.08. The van der Waals surface area contributed by atoms with Gasteiger partial charge < -0.3 is 5.32 Å². The molecule has 134 valence electrons. The van der Waals surface area contributed by atoms with Crippen LogP contribution in [0.15, 0.2) is 53.6 Å². The van der Waals surface area contributed by atoms with Crippen LogP contribution in [0.1, 0.15) is 29.9 Å². The van der Waals surface area contributed by atoms with E-state index >= 15 is 0 Å². The predicted octanol–water partition coefficient (Wildman–Crippen LogP) is 2.08. The summed E-state index contributed by atoms with van der Waals surface area (Å²) in [4.78, 5) is 16.5. The van der Waals surface area contributed by atoms with E-state index < -0.39 is 10.0 Å². The second-order valence-corrected chi connectivity index (χ2v) is 7.96. The molecular weight excluding hydrogens is 338 g/mol. The Balaban J connectivity index is 1.98. The van der Waals surface area contributed by atoms with Crippen molar-refractivity contribution in [1.82, 2.24) is 14.6 Å². The maximum Gasteiger partial charge on any atom is 0.251 e. The third kappa shape index (κ3) is 4.87. The Morgan fingerprint density at radius 3 is 2.40 bits per heavy atom. The molecule has 0 aliphatic heterocycles. The summed E-state index contributed by atoms with van der Waals surface area (Å²) in [5, 5.41) is 2.81. The topological polar surface area (TPSA) is 79.4 Å². The Morgan fingerprint density at radius 2 is 1.84 bits per heavy atom. The van der Waals surface area contributed by atoms with Gasteiger partial charge in [-0.3, -0.25) is 9.78 Å². The van der Waals surface area contributed by atoms with Crippen LogP contribution in [-0.4, -0.2) is 43.2 Å². The van der Waals surface area contributed by atoms with Gasteiger partial charge in [-0.15, -0.1) is 0 Å². The number of amides is 1. The van der Waals surface area contributed by atoms with Crippen molar-refractivity contribution in [3.05, 3.63) is 59.9 Å². The molecule has 6 nitrogen and oxygen atoms in total. The Hall–Kier alpha value is -2.25. The summed E-state index contributed by atoms with van der Waals surface area (Å²) in [6.07, 6.45) is 2.35. The third-order valence-electron chi connectivity index (χ3n) is 3.91. The molecule has 0 saturated heterocycles. The van der Waals surface area contributed by atoms with Crippen LogP contribution < -0.4 is 5.32 Å². The van der Waals surface area contributed by atoms with Gasteiger partial charge in [0, 0.05) is 43.5 Å². The van der Waals surface area contributed by atoms with E-state index in [4.69, 9.17) is 0 Å². The van der Waals surface area contributed by atoms with E-state index in [-0.39, 0.29) is 16.8 Å². The normalized spacial score (nSPS) is 11.7. The average molecular weight is 361 g/mol. The van der Waals surface area contributed by atoms with Gasteiger partial charge in [-0.1, -0.05) is 6.07 Å². The largest absolute Gasteiger partial charge is 0.352 e. The third-order valence-corrected chi connectivity index (χ3v) is 5.96. The van der Waals surface area contributed by atoms with Crippen LogP contribution in [0, 0.1) is 0 Å². The highest BCUT2D eigenvalue weighted by atomic mass is 32.2. The van der Waals surface area contributed by atoms with Crippen LogP contribution in [0.3, 0.4) is 0 Å². The number of nitrogens with zero attached hydrogens (tertiary/aromatic N) is 2. The van der Waals surface area contributed by atoms with E-state index in [0.717, 1.165) is 5.69 Å². The van der Waals surface area contributed by atoms with Gasteiger partial charge in [-0.05, 0) is 50.2 Å². The average Bonchev–Trinajstić information content (AvgIpc) is 2.61. The van der Waals surface area contributed by atoms with Crippen molar-refractivity contribution in [3.8, 4) is 0 Å². The Kier molecular flexibility index (Phi) is 6.27. The first-order valence-corrected chi connectivity index (χ1v) is 9.52. The van der Waals surface area contributed by atoms with Crippen LogP contribution >= 0.6 is 0 Å². The Bertz CT molecular complexity index is 803. The van der Waals surface area contributed by atoms with E-state index in [1.54, 1.807) is 20.0 Å². The summed E-state index contributed by atoms with van der Waals surface area (Å²) in [5.74, 6) is -0.239. The molecule has 1 aromatic heterocycles. The molecule has 2 aromatic rings. The molecule has 2 rings (SSSR count). The van der Waals surface area contributed by atoms with Gasteiger partial charge in [0.05, 0.1) is 4.90 Å². The second-order valence-electron chi connectivity index (χ2n) is 5.97. The molecule has 25 heavy (non-hydrogen) atoms. The Morgan fingerprint density at radius 1 is 1.16 bits per heavy atom. The van der Waals surface area contributed by atoms with Crippen molar-refractivity contribution in [2.75, 3.05) is 13.6 Å². The van der Waals surface area contributed by atoms with E-state index in [9.17, 15) is 13.2 Å². The monoisotopic (exact) mass is 361 g/mol. The number of rotatable bonds is 7. The quantitative estimate of drug-likeness (QED) is 0.819. The molecule has 0 aliphatic carbocycles. The summed E-state index contributed by atoms with van der Waals surface area (Å²) in [7, 11) is -2.00. The highest BCUT2D eigenvalue weighted by Gasteiger charge is 2.23. The number of hydrogen-bond donors (Lipinski definition) is 1. The molecule has 7 heteroatoms. The lowest BCUT2D eigenvalue weighted by Gasteiger charge is -2.21. The van der Waals surface area contributed by atoms with Gasteiger partial charge in [0.1, 0.15) is 0 Å². The number of hydrogen-bond acceptors (Lipinski definition) is 4. The number of benzene rings is 1. The van der Waals surface area contributed by atoms with E-state index in [0.29, 0.717) is 18.5 Å². The molecule has 1 heterocycles. The van der Waals surface area contributed by atoms with E-state index in [2.05, 4.69) is 10.3 Å². The van der Waals surface area contributed by atoms with Gasteiger partial charge in [0.2, 0.25) is 10.0 Å². The minimum atomic E-state index is -3.54. The molecule has 1 amide bonds. The molecular formula is C18H23N3O3S. The lowest BCUT2D eigenvalue weighted by atomic mass is 10.2. The Labute approximate surface area is 148 Å². The fourth-order valence-electron chi connectivity index (χ4n) is 2.17. The minimum absolute atomic E-state index is 0.139. The summed E-state index contributed by atoms with van der Waals surface area (Å²) in [6, 6.07) is 11.5. The first kappa shape index (κ1) is 19.1. The first-order valence-electron chi connectivity index (χ1n) is 8.08. The van der Waals surface area contributed by atoms with Gasteiger partial charge in [0.25, 0.3) is 5.91 Å². The molecule has 0 saturated carbocycles. The predicted molar refractivity (Wildman–Crippen MR) is 96.8 cm³/mol. The van der Waals surface area contributed by atoms with Gasteiger partial charge in [0.15, 0.2) is 0 Å². The maximum absolute atomic E-state index is 12.4. The van der Waals surface area contributed by atoms with Gasteiger partial charge in [-0.25, -0.2) is 8.42 Å². The second kappa shape index (κ2) is 8.22. The lowest BCUT2D eigenvalue weighted by Crippen LogP contribution is -2.33. The van der Waals surface area contributed by atoms with Crippen molar-refractivity contribution in [1.29, 1.82) is 0 Å². The minimum Gasteiger partial charge on any atom is -0.352 e. The summed E-state index contributed by atoms with van der Waals surface area (Å²) in [5.41, 5.74) is 1.33. The molecule has 0 spiro atoms. The maximum atomic E-state index is 12.4. The lowest BCUT2D eigenvalue weighted by molar-refractivity contribution is 0.0954. The fourth-order valence-corrected chi connectivity index (χ4v) is 3.54. The van der Waals surface area contributed by atoms with Crippen LogP contribution in [0.2, 0.25) is 0 Å². The zero-order valence-corrected chi connectivity index (χ0v) is 15.5. The molecule has 0 aliphatic rings. The number of carbonyl (C=O) groups excluding carboxylic acids is 1. The number of aromatic nitrogens is 1. The van der Waals surface area contributed by atoms with E-state index in [1.807, 2.05) is 18.2 Å². The van der Waals surface area contributed by atoms with Crippen molar-refractivity contribution in [2.24, 2.45) is 0 Å². The molecule has 0 atom stereocenters. The number of nitrogens with one attached hydrogen (secondary N) is 1. The molecule has 0 radical (unpaired) electrons. The van der Waals surface area contributed by atoms with Crippen molar-refractivity contribution < 1.29 is 13.2 Å². The zero-order valence-electron chi connectivity index (χ0n) is 14.6. The number of sulfonamides is 1. The molecule has 0 bridgehead atoms. The summed E-state index contributed by atoms with van der Waals surface area (Å²) < 4.78 is 26.1. The number of carbonyl (C=O) groups is 1. The number of pyridine rings is 1.